The topological polar surface area (TPSA) is 157 Å². The van der Waals surface area contributed by atoms with Crippen LogP contribution in [0.2, 0.25) is 0 Å². The lowest BCUT2D eigenvalue weighted by Crippen LogP contribution is -2.53. The van der Waals surface area contributed by atoms with Gasteiger partial charge in [0.1, 0.15) is 12.2 Å². The number of aliphatic carboxylic acids is 2. The summed E-state index contributed by atoms with van der Waals surface area (Å²) in [5.74, 6) is -4.46. The third kappa shape index (κ3) is 8.84. The quantitative estimate of drug-likeness (QED) is 0.393. The molecule has 1 aliphatic carbocycles. The number of likely N-dealkylation sites (tertiary alicyclic amines) is 1. The molecule has 1 saturated heterocycles. The van der Waals surface area contributed by atoms with Crippen LogP contribution in [0.1, 0.15) is 30.7 Å². The van der Waals surface area contributed by atoms with Crippen LogP contribution in [-0.2, 0) is 40.6 Å². The molecule has 0 radical (unpaired) electrons. The molecule has 41 heavy (non-hydrogen) atoms. The molecule has 12 nitrogen and oxygen atoms in total. The highest BCUT2D eigenvalue weighted by atomic mass is 19.4. The summed E-state index contributed by atoms with van der Waals surface area (Å²) in [6.45, 7) is 3.66. The van der Waals surface area contributed by atoms with Gasteiger partial charge in [0, 0.05) is 38.6 Å². The number of ether oxygens (including phenoxy) is 1. The number of pyridine rings is 1. The number of hydrogen-bond acceptors (Lipinski definition) is 8. The smallest absolute Gasteiger partial charge is 0.475 e. The van der Waals surface area contributed by atoms with Crippen molar-refractivity contribution in [2.24, 2.45) is 5.92 Å². The normalized spacial score (nSPS) is 20.3. The lowest BCUT2D eigenvalue weighted by atomic mass is 10.0. The van der Waals surface area contributed by atoms with E-state index in [1.807, 2.05) is 12.3 Å². The van der Waals surface area contributed by atoms with Crippen LogP contribution in [0.4, 0.5) is 26.3 Å². The first kappa shape index (κ1) is 31.7. The van der Waals surface area contributed by atoms with E-state index in [1.165, 1.54) is 4.68 Å². The summed E-state index contributed by atoms with van der Waals surface area (Å²) in [5, 5.41) is 18.7. The fourth-order valence-corrected chi connectivity index (χ4v) is 4.13. The maximum absolute atomic E-state index is 12.7. The molecule has 4 heterocycles. The molecule has 2 N–H and O–H groups in total. The van der Waals surface area contributed by atoms with E-state index < -0.39 is 41.0 Å². The second kappa shape index (κ2) is 12.4. The molecule has 5 rings (SSSR count). The number of halogens is 6. The highest BCUT2D eigenvalue weighted by molar-refractivity contribution is 5.73. The average molecular weight is 597 g/mol. The first-order valence-corrected chi connectivity index (χ1v) is 12.1. The minimum absolute atomic E-state index is 0.279. The van der Waals surface area contributed by atoms with Gasteiger partial charge in [-0.25, -0.2) is 14.3 Å². The van der Waals surface area contributed by atoms with Gasteiger partial charge in [0.2, 0.25) is 0 Å². The number of aromatic nitrogens is 4. The number of alkyl halides is 6. The van der Waals surface area contributed by atoms with Gasteiger partial charge < -0.3 is 14.9 Å². The molecule has 0 amide bonds. The Morgan fingerprint density at radius 3 is 2.15 bits per heavy atom. The van der Waals surface area contributed by atoms with E-state index >= 15 is 0 Å². The summed E-state index contributed by atoms with van der Waals surface area (Å²) >= 11 is 0. The zero-order chi connectivity index (χ0) is 30.6. The number of hydrogen-bond donors (Lipinski definition) is 2. The van der Waals surface area contributed by atoms with Crippen LogP contribution in [0.3, 0.4) is 0 Å². The van der Waals surface area contributed by atoms with Crippen LogP contribution < -0.4 is 11.1 Å². The van der Waals surface area contributed by atoms with Crippen molar-refractivity contribution in [2.75, 3.05) is 13.1 Å². The first-order chi connectivity index (χ1) is 19.0. The zero-order valence-electron chi connectivity index (χ0n) is 21.2. The Bertz CT molecular complexity index is 1330. The third-order valence-corrected chi connectivity index (χ3v) is 6.30. The summed E-state index contributed by atoms with van der Waals surface area (Å²) in [7, 11) is 0. The fourth-order valence-electron chi connectivity index (χ4n) is 4.13. The second-order valence-corrected chi connectivity index (χ2v) is 9.64. The Labute approximate surface area is 226 Å². The molecule has 1 spiro atoms. The SMILES string of the molecule is O=C(O)C(F)(F)F.O=C(O)C(F)(F)F.O=c1c(=O)n2c(nn1CC1CC1)COC1(CCN(Cc3cccnc3)C1)C2. The molecule has 226 valence electrons. The van der Waals surface area contributed by atoms with Crippen LogP contribution in [0.25, 0.3) is 0 Å². The Kier molecular flexibility index (Phi) is 9.58. The lowest BCUT2D eigenvalue weighted by Gasteiger charge is -2.35. The predicted molar refractivity (Wildman–Crippen MR) is 125 cm³/mol. The van der Waals surface area contributed by atoms with Gasteiger partial charge in [-0.15, -0.1) is 0 Å². The molecule has 1 atom stereocenters. The summed E-state index contributed by atoms with van der Waals surface area (Å²) < 4.78 is 72.6. The molecule has 2 aromatic rings. The van der Waals surface area contributed by atoms with E-state index in [0.29, 0.717) is 24.8 Å². The molecular weight excluding hydrogens is 572 g/mol. The maximum Gasteiger partial charge on any atom is 0.490 e. The van der Waals surface area contributed by atoms with Crippen LogP contribution >= 0.6 is 0 Å². The van der Waals surface area contributed by atoms with Crippen molar-refractivity contribution in [3.05, 3.63) is 56.6 Å². The molecule has 2 aliphatic heterocycles. The van der Waals surface area contributed by atoms with E-state index in [9.17, 15) is 35.9 Å². The number of fused-ring (bicyclic) bond motifs is 1. The van der Waals surface area contributed by atoms with Gasteiger partial charge in [-0.05, 0) is 36.8 Å². The van der Waals surface area contributed by atoms with Crippen molar-refractivity contribution in [3.8, 4) is 0 Å². The second-order valence-electron chi connectivity index (χ2n) is 9.64. The van der Waals surface area contributed by atoms with Gasteiger partial charge in [0.15, 0.2) is 5.82 Å². The number of rotatable bonds is 4. The average Bonchev–Trinajstić information content (AvgIpc) is 3.63. The van der Waals surface area contributed by atoms with E-state index in [0.717, 1.165) is 44.5 Å². The third-order valence-electron chi connectivity index (χ3n) is 6.30. The van der Waals surface area contributed by atoms with Crippen molar-refractivity contribution in [1.29, 1.82) is 0 Å². The maximum atomic E-state index is 12.7. The van der Waals surface area contributed by atoms with E-state index in [-0.39, 0.29) is 6.61 Å². The van der Waals surface area contributed by atoms with Crippen molar-refractivity contribution >= 4 is 11.9 Å². The highest BCUT2D eigenvalue weighted by Gasteiger charge is 2.43. The number of carboxylic acid groups (broad SMARTS) is 2. The Morgan fingerprint density at radius 1 is 1.02 bits per heavy atom. The molecule has 0 bridgehead atoms. The summed E-state index contributed by atoms with van der Waals surface area (Å²) in [6.07, 6.45) is -3.47. The fraction of sp³-hybridized carbons (Fsp3) is 0.565. The van der Waals surface area contributed by atoms with E-state index in [2.05, 4.69) is 21.0 Å². The molecule has 2 fully saturated rings. The summed E-state index contributed by atoms with van der Waals surface area (Å²) in [4.78, 5) is 49.4. The minimum Gasteiger partial charge on any atom is -0.475 e. The number of carboxylic acids is 2. The Balaban J connectivity index is 0.000000276. The first-order valence-electron chi connectivity index (χ1n) is 12.1. The van der Waals surface area contributed by atoms with Gasteiger partial charge in [-0.2, -0.15) is 31.4 Å². The number of carbonyl (C=O) groups is 2. The van der Waals surface area contributed by atoms with Crippen molar-refractivity contribution < 1.29 is 50.9 Å². The van der Waals surface area contributed by atoms with Gasteiger partial charge in [-0.3, -0.25) is 24.0 Å². The molecule has 2 aromatic heterocycles. The van der Waals surface area contributed by atoms with Crippen LogP contribution in [0, 0.1) is 5.92 Å². The standard InChI is InChI=1S/C19H23N5O3.2C2HF3O2/c25-17-18(26)24(10-14-3-4-14)21-16-11-27-19(13-23(16)17)5-7-22(12-19)9-15-2-1-6-20-8-15;2*3-2(4,5)1(6)7/h1-2,6,8,14H,3-5,7,9-13H2;2*(H,6,7). The Hall–Kier alpha value is -3.80. The predicted octanol–water partition coefficient (Wildman–Crippen LogP) is 1.65. The van der Waals surface area contributed by atoms with E-state index in [1.54, 1.807) is 10.8 Å². The molecule has 3 aliphatic rings. The molecule has 1 unspecified atom stereocenters. The van der Waals surface area contributed by atoms with Crippen molar-refractivity contribution in [1.82, 2.24) is 24.2 Å². The molecule has 0 aromatic carbocycles. The highest BCUT2D eigenvalue weighted by Crippen LogP contribution is 2.32. The molecular formula is C23H25F6N5O7. The molecule has 18 heteroatoms. The Morgan fingerprint density at radius 2 is 1.63 bits per heavy atom. The van der Waals surface area contributed by atoms with Crippen molar-refractivity contribution in [3.63, 3.8) is 0 Å². The monoisotopic (exact) mass is 597 g/mol. The zero-order valence-corrected chi connectivity index (χ0v) is 21.2. The summed E-state index contributed by atoms with van der Waals surface area (Å²) in [5.41, 5.74) is -0.231. The minimum atomic E-state index is -5.08. The molecule has 1 saturated carbocycles. The largest absolute Gasteiger partial charge is 0.490 e. The van der Waals surface area contributed by atoms with Gasteiger partial charge >= 0.3 is 35.4 Å². The number of nitrogens with zero attached hydrogens (tertiary/aromatic N) is 5. The van der Waals surface area contributed by atoms with Crippen LogP contribution in [0.5, 0.6) is 0 Å². The van der Waals surface area contributed by atoms with E-state index in [4.69, 9.17) is 24.5 Å². The lowest BCUT2D eigenvalue weighted by molar-refractivity contribution is -0.193. The van der Waals surface area contributed by atoms with Crippen LogP contribution in [0.15, 0.2) is 34.1 Å². The van der Waals surface area contributed by atoms with Gasteiger partial charge in [0.25, 0.3) is 0 Å². The van der Waals surface area contributed by atoms with Gasteiger partial charge in [-0.1, -0.05) is 6.07 Å². The summed E-state index contributed by atoms with van der Waals surface area (Å²) in [6, 6.07) is 4.00. The van der Waals surface area contributed by atoms with Crippen molar-refractivity contribution in [2.45, 2.75) is 63.5 Å². The van der Waals surface area contributed by atoms with Gasteiger partial charge in [0.05, 0.1) is 6.54 Å². The van der Waals surface area contributed by atoms with Crippen LogP contribution in [-0.4, -0.2) is 77.4 Å².